The van der Waals surface area contributed by atoms with Gasteiger partial charge in [-0.25, -0.2) is 4.99 Å². The molecule has 1 fully saturated rings. The van der Waals surface area contributed by atoms with Crippen LogP contribution in [0.25, 0.3) is 0 Å². The van der Waals surface area contributed by atoms with Gasteiger partial charge in [0.2, 0.25) is 11.8 Å². The van der Waals surface area contributed by atoms with Crippen LogP contribution in [0.5, 0.6) is 0 Å². The van der Waals surface area contributed by atoms with E-state index in [1.807, 2.05) is 6.07 Å². The van der Waals surface area contributed by atoms with E-state index in [9.17, 15) is 9.59 Å². The molecule has 2 amide bonds. The fourth-order valence-electron chi connectivity index (χ4n) is 2.81. The second kappa shape index (κ2) is 11.1. The first kappa shape index (κ1) is 23.2. The lowest BCUT2D eigenvalue weighted by Crippen LogP contribution is -2.45. The number of rotatable bonds is 5. The standard InChI is InChI=1S/C19H29N5O2.HI/c1-22(2)17(25)12-20-19(21-13-18(26)23(3)4)24-11-10-16(14-24)15-8-6-5-7-9-15;/h5-9,16H,10-14H2,1-4H3,(H,20,21);1H. The first-order valence-electron chi connectivity index (χ1n) is 8.87. The third kappa shape index (κ3) is 7.00. The lowest BCUT2D eigenvalue weighted by Gasteiger charge is -2.23. The van der Waals surface area contributed by atoms with Crippen LogP contribution in [-0.2, 0) is 9.59 Å². The largest absolute Gasteiger partial charge is 0.347 e. The predicted molar refractivity (Wildman–Crippen MR) is 118 cm³/mol. The zero-order valence-electron chi connectivity index (χ0n) is 16.5. The highest BCUT2D eigenvalue weighted by atomic mass is 127. The Kier molecular flexibility index (Phi) is 9.54. The molecule has 0 saturated carbocycles. The number of nitrogens with zero attached hydrogens (tertiary/aromatic N) is 4. The van der Waals surface area contributed by atoms with Crippen molar-refractivity contribution in [3.63, 3.8) is 0 Å². The van der Waals surface area contributed by atoms with Gasteiger partial charge in [0, 0.05) is 47.2 Å². The van der Waals surface area contributed by atoms with E-state index in [1.54, 1.807) is 28.2 Å². The van der Waals surface area contributed by atoms with Crippen molar-refractivity contribution in [2.45, 2.75) is 12.3 Å². The van der Waals surface area contributed by atoms with Gasteiger partial charge in [0.25, 0.3) is 0 Å². The van der Waals surface area contributed by atoms with Crippen LogP contribution in [0.3, 0.4) is 0 Å². The predicted octanol–water partition coefficient (Wildman–Crippen LogP) is 1.22. The van der Waals surface area contributed by atoms with Crippen LogP contribution in [0.4, 0.5) is 0 Å². The number of halogens is 1. The molecule has 7 nitrogen and oxygen atoms in total. The molecular formula is C19H30IN5O2. The molecule has 0 spiro atoms. The molecule has 1 atom stereocenters. The Morgan fingerprint density at radius 1 is 1.11 bits per heavy atom. The number of benzene rings is 1. The highest BCUT2D eigenvalue weighted by molar-refractivity contribution is 14.0. The van der Waals surface area contributed by atoms with Gasteiger partial charge in [-0.2, -0.15) is 0 Å². The van der Waals surface area contributed by atoms with Gasteiger partial charge in [-0.3, -0.25) is 9.59 Å². The normalized spacial score (nSPS) is 16.5. The number of amides is 2. The van der Waals surface area contributed by atoms with E-state index in [4.69, 9.17) is 0 Å². The molecule has 1 aliphatic rings. The summed E-state index contributed by atoms with van der Waals surface area (Å²) < 4.78 is 0. The highest BCUT2D eigenvalue weighted by Crippen LogP contribution is 2.26. The van der Waals surface area contributed by atoms with Crippen molar-refractivity contribution in [3.05, 3.63) is 35.9 Å². The minimum Gasteiger partial charge on any atom is -0.347 e. The van der Waals surface area contributed by atoms with E-state index >= 15 is 0 Å². The van der Waals surface area contributed by atoms with Crippen LogP contribution in [-0.4, -0.2) is 86.8 Å². The zero-order chi connectivity index (χ0) is 19.1. The van der Waals surface area contributed by atoms with Crippen LogP contribution in [0.1, 0.15) is 17.9 Å². The maximum atomic E-state index is 11.9. The highest BCUT2D eigenvalue weighted by Gasteiger charge is 2.26. The summed E-state index contributed by atoms with van der Waals surface area (Å²) in [4.78, 5) is 33.4. The van der Waals surface area contributed by atoms with Crippen molar-refractivity contribution in [2.24, 2.45) is 4.99 Å². The van der Waals surface area contributed by atoms with Gasteiger partial charge in [-0.1, -0.05) is 30.3 Å². The van der Waals surface area contributed by atoms with Crippen molar-refractivity contribution in [3.8, 4) is 0 Å². The van der Waals surface area contributed by atoms with Crippen molar-refractivity contribution in [1.82, 2.24) is 20.0 Å². The molecule has 27 heavy (non-hydrogen) atoms. The maximum absolute atomic E-state index is 11.9. The van der Waals surface area contributed by atoms with Crippen LogP contribution in [0, 0.1) is 0 Å². The maximum Gasteiger partial charge on any atom is 0.243 e. The third-order valence-electron chi connectivity index (χ3n) is 4.52. The fraction of sp³-hybridized carbons (Fsp3) is 0.526. The van der Waals surface area contributed by atoms with E-state index in [0.717, 1.165) is 19.5 Å². The lowest BCUT2D eigenvalue weighted by molar-refractivity contribution is -0.127. The molecule has 1 aromatic carbocycles. The SMILES string of the molecule is CN(C)C(=O)CN=C(NCC(=O)N(C)C)N1CCC(c2ccccc2)C1.I. The first-order chi connectivity index (χ1) is 12.4. The average Bonchev–Trinajstić information content (AvgIpc) is 3.11. The topological polar surface area (TPSA) is 68.2 Å². The second-order valence-corrected chi connectivity index (χ2v) is 6.91. The Bertz CT molecular complexity index is 649. The molecule has 150 valence electrons. The molecule has 1 saturated heterocycles. The van der Waals surface area contributed by atoms with Crippen molar-refractivity contribution in [1.29, 1.82) is 0 Å². The lowest BCUT2D eigenvalue weighted by atomic mass is 9.99. The van der Waals surface area contributed by atoms with Crippen LogP contribution < -0.4 is 5.32 Å². The summed E-state index contributed by atoms with van der Waals surface area (Å²) in [6.07, 6.45) is 1.02. The average molecular weight is 487 g/mol. The summed E-state index contributed by atoms with van der Waals surface area (Å²) in [6.45, 7) is 1.90. The number of carbonyl (C=O) groups excluding carboxylic acids is 2. The summed E-state index contributed by atoms with van der Waals surface area (Å²) in [5.74, 6) is 0.948. The Morgan fingerprint density at radius 2 is 1.74 bits per heavy atom. The van der Waals surface area contributed by atoms with Crippen LogP contribution >= 0.6 is 24.0 Å². The number of likely N-dealkylation sites (tertiary alicyclic amines) is 1. The Morgan fingerprint density at radius 3 is 2.33 bits per heavy atom. The van der Waals surface area contributed by atoms with E-state index in [0.29, 0.717) is 11.9 Å². The molecule has 1 heterocycles. The summed E-state index contributed by atoms with van der Waals surface area (Å²) in [6, 6.07) is 10.4. The molecule has 0 aromatic heterocycles. The number of hydrogen-bond acceptors (Lipinski definition) is 3. The van der Waals surface area contributed by atoms with E-state index in [-0.39, 0.29) is 48.9 Å². The fourth-order valence-corrected chi connectivity index (χ4v) is 2.81. The quantitative estimate of drug-likeness (QED) is 0.386. The Hall–Kier alpha value is -1.84. The second-order valence-electron chi connectivity index (χ2n) is 6.91. The number of likely N-dealkylation sites (N-methyl/N-ethyl adjacent to an activating group) is 2. The monoisotopic (exact) mass is 487 g/mol. The summed E-state index contributed by atoms with van der Waals surface area (Å²) in [7, 11) is 6.86. The number of hydrogen-bond donors (Lipinski definition) is 1. The number of carbonyl (C=O) groups is 2. The van der Waals surface area contributed by atoms with Crippen LogP contribution in [0.15, 0.2) is 35.3 Å². The molecule has 8 heteroatoms. The van der Waals surface area contributed by atoms with Crippen molar-refractivity contribution in [2.75, 3.05) is 54.4 Å². The van der Waals surface area contributed by atoms with E-state index in [1.165, 1.54) is 15.4 Å². The summed E-state index contributed by atoms with van der Waals surface area (Å²) >= 11 is 0. The molecule has 1 N–H and O–H groups in total. The summed E-state index contributed by atoms with van der Waals surface area (Å²) in [5.41, 5.74) is 1.31. The minimum absolute atomic E-state index is 0. The number of guanidine groups is 1. The molecule has 1 aromatic rings. The Balaban J connectivity index is 0.00000364. The number of aliphatic imine (C=N–C) groups is 1. The Labute approximate surface area is 178 Å². The molecule has 1 aliphatic heterocycles. The van der Waals surface area contributed by atoms with E-state index < -0.39 is 0 Å². The molecular weight excluding hydrogens is 457 g/mol. The first-order valence-corrected chi connectivity index (χ1v) is 8.87. The molecule has 0 bridgehead atoms. The molecule has 2 rings (SSSR count). The van der Waals surface area contributed by atoms with Gasteiger partial charge < -0.3 is 20.0 Å². The smallest absolute Gasteiger partial charge is 0.243 e. The van der Waals surface area contributed by atoms with Gasteiger partial charge in [-0.15, -0.1) is 24.0 Å². The van der Waals surface area contributed by atoms with Crippen molar-refractivity contribution >= 4 is 41.8 Å². The minimum atomic E-state index is -0.0676. The van der Waals surface area contributed by atoms with Gasteiger partial charge in [0.1, 0.15) is 6.54 Å². The van der Waals surface area contributed by atoms with E-state index in [2.05, 4.69) is 39.5 Å². The van der Waals surface area contributed by atoms with Crippen LogP contribution in [0.2, 0.25) is 0 Å². The molecule has 0 aliphatic carbocycles. The number of nitrogens with one attached hydrogen (secondary N) is 1. The van der Waals surface area contributed by atoms with Gasteiger partial charge in [0.05, 0.1) is 6.54 Å². The zero-order valence-corrected chi connectivity index (χ0v) is 18.8. The summed E-state index contributed by atoms with van der Waals surface area (Å²) in [5, 5.41) is 3.12. The molecule has 0 radical (unpaired) electrons. The van der Waals surface area contributed by atoms with Gasteiger partial charge in [-0.05, 0) is 12.0 Å². The molecule has 1 unspecified atom stereocenters. The van der Waals surface area contributed by atoms with Gasteiger partial charge >= 0.3 is 0 Å². The third-order valence-corrected chi connectivity index (χ3v) is 4.52. The van der Waals surface area contributed by atoms with Gasteiger partial charge in [0.15, 0.2) is 5.96 Å². The van der Waals surface area contributed by atoms with Crippen molar-refractivity contribution < 1.29 is 9.59 Å².